The first kappa shape index (κ1) is 14.8. The SMILES string of the molecule is CN(CC(=O)Nc1cccnc1Cl)C1CC2CCC(C1)N2. The molecule has 5 nitrogen and oxygen atoms in total. The largest absolute Gasteiger partial charge is 0.322 e. The summed E-state index contributed by atoms with van der Waals surface area (Å²) in [7, 11) is 2.03. The van der Waals surface area contributed by atoms with E-state index in [9.17, 15) is 4.79 Å². The number of likely N-dealkylation sites (N-methyl/N-ethyl adjacent to an activating group) is 1. The number of pyridine rings is 1. The molecule has 0 spiro atoms. The minimum Gasteiger partial charge on any atom is -0.322 e. The molecule has 2 fully saturated rings. The standard InChI is InChI=1S/C15H21ClN4O/c1-20(12-7-10-4-5-11(8-12)18-10)9-14(21)19-13-3-2-6-17-15(13)16/h2-3,6,10-12,18H,4-5,7-9H2,1H3,(H,19,21). The maximum absolute atomic E-state index is 12.1. The maximum atomic E-state index is 12.1. The highest BCUT2D eigenvalue weighted by Crippen LogP contribution is 2.29. The minimum atomic E-state index is -0.0433. The zero-order chi connectivity index (χ0) is 14.8. The third-order valence-corrected chi connectivity index (χ3v) is 4.80. The molecule has 21 heavy (non-hydrogen) atoms. The van der Waals surface area contributed by atoms with Crippen LogP contribution in [0.25, 0.3) is 0 Å². The maximum Gasteiger partial charge on any atom is 0.238 e. The Kier molecular flexibility index (Phi) is 4.42. The first-order valence-corrected chi connectivity index (χ1v) is 7.86. The van der Waals surface area contributed by atoms with Crippen LogP contribution >= 0.6 is 11.6 Å². The summed E-state index contributed by atoms with van der Waals surface area (Å²) < 4.78 is 0. The van der Waals surface area contributed by atoms with E-state index in [1.165, 1.54) is 12.8 Å². The van der Waals surface area contributed by atoms with E-state index >= 15 is 0 Å². The number of halogens is 1. The summed E-state index contributed by atoms with van der Waals surface area (Å²) >= 11 is 5.95. The lowest BCUT2D eigenvalue weighted by Gasteiger charge is -2.35. The number of carbonyl (C=O) groups excluding carboxylic acids is 1. The van der Waals surface area contributed by atoms with E-state index in [0.717, 1.165) is 12.8 Å². The van der Waals surface area contributed by atoms with Crippen molar-refractivity contribution in [2.75, 3.05) is 18.9 Å². The van der Waals surface area contributed by atoms with Gasteiger partial charge in [0.15, 0.2) is 5.15 Å². The van der Waals surface area contributed by atoms with E-state index < -0.39 is 0 Å². The molecule has 114 valence electrons. The first-order chi connectivity index (χ1) is 10.1. The van der Waals surface area contributed by atoms with Gasteiger partial charge in [0.05, 0.1) is 12.2 Å². The van der Waals surface area contributed by atoms with Gasteiger partial charge < -0.3 is 10.6 Å². The molecule has 0 radical (unpaired) electrons. The molecule has 1 aromatic heterocycles. The molecule has 2 unspecified atom stereocenters. The zero-order valence-corrected chi connectivity index (χ0v) is 12.9. The van der Waals surface area contributed by atoms with Gasteiger partial charge in [-0.2, -0.15) is 0 Å². The van der Waals surface area contributed by atoms with Crippen LogP contribution in [0.15, 0.2) is 18.3 Å². The molecule has 0 saturated carbocycles. The number of piperidine rings is 1. The van der Waals surface area contributed by atoms with Crippen molar-refractivity contribution in [3.8, 4) is 0 Å². The normalized spacial score (nSPS) is 27.9. The average molecular weight is 309 g/mol. The topological polar surface area (TPSA) is 57.3 Å². The van der Waals surface area contributed by atoms with Crippen LogP contribution in [0, 0.1) is 0 Å². The van der Waals surface area contributed by atoms with Crippen LogP contribution in [0.3, 0.4) is 0 Å². The van der Waals surface area contributed by atoms with Crippen molar-refractivity contribution in [3.63, 3.8) is 0 Å². The molecule has 2 aliphatic heterocycles. The monoisotopic (exact) mass is 308 g/mol. The summed E-state index contributed by atoms with van der Waals surface area (Å²) in [5, 5.41) is 6.78. The molecule has 2 aliphatic rings. The number of hydrogen-bond acceptors (Lipinski definition) is 4. The molecule has 6 heteroatoms. The Morgan fingerprint density at radius 3 is 2.86 bits per heavy atom. The second-order valence-corrected chi connectivity index (χ2v) is 6.43. The lowest BCUT2D eigenvalue weighted by molar-refractivity contribution is -0.117. The lowest BCUT2D eigenvalue weighted by atomic mass is 9.98. The predicted octanol–water partition coefficient (Wildman–Crippen LogP) is 1.89. The Morgan fingerprint density at radius 1 is 1.48 bits per heavy atom. The molecule has 0 aliphatic carbocycles. The molecule has 1 aromatic rings. The number of amides is 1. The van der Waals surface area contributed by atoms with E-state index in [-0.39, 0.29) is 5.91 Å². The Balaban J connectivity index is 1.54. The molecule has 2 atom stereocenters. The third kappa shape index (κ3) is 3.54. The van der Waals surface area contributed by atoms with Crippen LogP contribution in [0.5, 0.6) is 0 Å². The van der Waals surface area contributed by atoms with Gasteiger partial charge in [0.25, 0.3) is 0 Å². The Labute approximate surface area is 130 Å². The van der Waals surface area contributed by atoms with E-state index in [4.69, 9.17) is 11.6 Å². The summed E-state index contributed by atoms with van der Waals surface area (Å²) in [5.41, 5.74) is 0.572. The van der Waals surface area contributed by atoms with Gasteiger partial charge in [0, 0.05) is 24.3 Å². The van der Waals surface area contributed by atoms with Gasteiger partial charge in [-0.25, -0.2) is 4.98 Å². The lowest BCUT2D eigenvalue weighted by Crippen LogP contribution is -2.48. The number of anilines is 1. The fraction of sp³-hybridized carbons (Fsp3) is 0.600. The number of aromatic nitrogens is 1. The van der Waals surface area contributed by atoms with Crippen molar-refractivity contribution < 1.29 is 4.79 Å². The van der Waals surface area contributed by atoms with Gasteiger partial charge in [0.2, 0.25) is 5.91 Å². The Morgan fingerprint density at radius 2 is 2.19 bits per heavy atom. The molecular weight excluding hydrogens is 288 g/mol. The van der Waals surface area contributed by atoms with Gasteiger partial charge >= 0.3 is 0 Å². The number of rotatable bonds is 4. The highest BCUT2D eigenvalue weighted by Gasteiger charge is 2.35. The highest BCUT2D eigenvalue weighted by molar-refractivity contribution is 6.32. The minimum absolute atomic E-state index is 0.0433. The molecule has 2 N–H and O–H groups in total. The van der Waals surface area contributed by atoms with Gasteiger partial charge in [-0.3, -0.25) is 9.69 Å². The van der Waals surface area contributed by atoms with Crippen LogP contribution in [0.1, 0.15) is 25.7 Å². The highest BCUT2D eigenvalue weighted by atomic mass is 35.5. The number of fused-ring (bicyclic) bond motifs is 2. The van der Waals surface area contributed by atoms with E-state index in [2.05, 4.69) is 20.5 Å². The summed E-state index contributed by atoms with van der Waals surface area (Å²) in [6.45, 7) is 0.384. The van der Waals surface area contributed by atoms with Crippen molar-refractivity contribution in [1.82, 2.24) is 15.2 Å². The van der Waals surface area contributed by atoms with Crippen LogP contribution in [-0.4, -0.2) is 47.5 Å². The van der Waals surface area contributed by atoms with Crippen LogP contribution in [0.4, 0.5) is 5.69 Å². The van der Waals surface area contributed by atoms with E-state index in [1.807, 2.05) is 7.05 Å². The van der Waals surface area contributed by atoms with Gasteiger partial charge in [0.1, 0.15) is 0 Å². The number of carbonyl (C=O) groups is 1. The van der Waals surface area contributed by atoms with Crippen molar-refractivity contribution >= 4 is 23.2 Å². The summed E-state index contributed by atoms with van der Waals surface area (Å²) in [4.78, 5) is 18.3. The van der Waals surface area contributed by atoms with Crippen molar-refractivity contribution in [1.29, 1.82) is 0 Å². The molecular formula is C15H21ClN4O. The second-order valence-electron chi connectivity index (χ2n) is 6.07. The van der Waals surface area contributed by atoms with Crippen LogP contribution in [0.2, 0.25) is 5.15 Å². The summed E-state index contributed by atoms with van der Waals surface area (Å²) in [6, 6.07) is 5.27. The molecule has 0 aromatic carbocycles. The van der Waals surface area contributed by atoms with E-state index in [1.54, 1.807) is 18.3 Å². The van der Waals surface area contributed by atoms with Gasteiger partial charge in [-0.15, -0.1) is 0 Å². The third-order valence-electron chi connectivity index (χ3n) is 4.50. The molecule has 1 amide bonds. The number of nitrogens with zero attached hydrogens (tertiary/aromatic N) is 2. The predicted molar refractivity (Wildman–Crippen MR) is 83.5 cm³/mol. The van der Waals surface area contributed by atoms with Gasteiger partial charge in [-0.05, 0) is 44.9 Å². The molecule has 2 saturated heterocycles. The van der Waals surface area contributed by atoms with Crippen molar-refractivity contribution in [2.45, 2.75) is 43.8 Å². The summed E-state index contributed by atoms with van der Waals surface area (Å²) in [5.74, 6) is -0.0433. The second kappa shape index (κ2) is 6.30. The smallest absolute Gasteiger partial charge is 0.238 e. The van der Waals surface area contributed by atoms with Crippen molar-refractivity contribution in [3.05, 3.63) is 23.5 Å². The Hall–Kier alpha value is -1.17. The van der Waals surface area contributed by atoms with Gasteiger partial charge in [-0.1, -0.05) is 11.6 Å². The average Bonchev–Trinajstić information content (AvgIpc) is 2.80. The fourth-order valence-corrected chi connectivity index (χ4v) is 3.58. The first-order valence-electron chi connectivity index (χ1n) is 7.48. The molecule has 3 rings (SSSR count). The fourth-order valence-electron chi connectivity index (χ4n) is 3.41. The quantitative estimate of drug-likeness (QED) is 0.834. The zero-order valence-electron chi connectivity index (χ0n) is 12.2. The van der Waals surface area contributed by atoms with Crippen LogP contribution in [-0.2, 0) is 4.79 Å². The number of hydrogen-bond donors (Lipinski definition) is 2. The number of nitrogens with one attached hydrogen (secondary N) is 2. The van der Waals surface area contributed by atoms with E-state index in [0.29, 0.717) is 35.5 Å². The molecule has 3 heterocycles. The molecule has 2 bridgehead atoms. The van der Waals surface area contributed by atoms with Crippen LogP contribution < -0.4 is 10.6 Å². The van der Waals surface area contributed by atoms with Crippen molar-refractivity contribution in [2.24, 2.45) is 0 Å². The summed E-state index contributed by atoms with van der Waals surface area (Å²) in [6.07, 6.45) is 6.41. The Bertz CT molecular complexity index is 512.